The highest BCUT2D eigenvalue weighted by Crippen LogP contribution is 2.33. The topological polar surface area (TPSA) is 79.9 Å². The van der Waals surface area contributed by atoms with Crippen LogP contribution in [0.5, 0.6) is 0 Å². The van der Waals surface area contributed by atoms with Crippen LogP contribution in [0.15, 0.2) is 24.3 Å². The monoisotopic (exact) mass is 415 g/mol. The van der Waals surface area contributed by atoms with Gasteiger partial charge in [0.25, 0.3) is 11.8 Å². The first-order chi connectivity index (χ1) is 13.8. The van der Waals surface area contributed by atoms with E-state index in [0.29, 0.717) is 23.2 Å². The molecule has 1 unspecified atom stereocenters. The second-order valence-corrected chi connectivity index (χ2v) is 9.09. The van der Waals surface area contributed by atoms with Gasteiger partial charge in [-0.15, -0.1) is 11.3 Å². The number of carbonyl (C=O) groups excluding carboxylic acids is 2. The van der Waals surface area contributed by atoms with Gasteiger partial charge in [0.1, 0.15) is 5.00 Å². The van der Waals surface area contributed by atoms with E-state index in [-0.39, 0.29) is 5.91 Å². The van der Waals surface area contributed by atoms with Crippen LogP contribution in [-0.2, 0) is 11.2 Å². The minimum absolute atomic E-state index is 0.0670. The van der Waals surface area contributed by atoms with Crippen molar-refractivity contribution in [2.45, 2.75) is 40.2 Å². The minimum atomic E-state index is -0.478. The summed E-state index contributed by atoms with van der Waals surface area (Å²) in [4.78, 5) is 29.3. The van der Waals surface area contributed by atoms with Crippen LogP contribution in [0.1, 0.15) is 40.2 Å². The number of hydrogen-bond donors (Lipinski definition) is 3. The van der Waals surface area contributed by atoms with Crippen molar-refractivity contribution in [1.29, 1.82) is 0 Å². The molecule has 2 aromatic rings. The van der Waals surface area contributed by atoms with E-state index in [9.17, 15) is 9.59 Å². The van der Waals surface area contributed by atoms with Gasteiger partial charge < -0.3 is 20.9 Å². The highest BCUT2D eigenvalue weighted by molar-refractivity contribution is 7.16. The largest absolute Gasteiger partial charge is 0.365 e. The normalized spacial score (nSPS) is 19.2. The van der Waals surface area contributed by atoms with E-state index in [2.05, 4.69) is 48.3 Å². The van der Waals surface area contributed by atoms with Gasteiger partial charge in [-0.2, -0.15) is 0 Å². The lowest BCUT2D eigenvalue weighted by Crippen LogP contribution is -3.16. The average Bonchev–Trinajstić information content (AvgIpc) is 2.96. The number of amides is 2. The molecule has 1 aromatic heterocycles. The molecular formula is C22H31N4O2S+. The van der Waals surface area contributed by atoms with Gasteiger partial charge >= 0.3 is 0 Å². The third kappa shape index (κ3) is 4.79. The number of nitrogens with zero attached hydrogens (tertiary/aromatic N) is 1. The summed E-state index contributed by atoms with van der Waals surface area (Å²) in [6.07, 6.45) is 0.722. The minimum Gasteiger partial charge on any atom is -0.365 e. The number of thiophene rings is 1. The lowest BCUT2D eigenvalue weighted by atomic mass is 10.1. The SMILES string of the molecule is CCc1c(C)sc(NC(=O)C[NH+]2CCN(c3cccc(C)c3)[C@H](C)C2)c1C(N)=O. The first-order valence-electron chi connectivity index (χ1n) is 10.2. The zero-order valence-electron chi connectivity index (χ0n) is 17.7. The van der Waals surface area contributed by atoms with E-state index >= 15 is 0 Å². The van der Waals surface area contributed by atoms with Crippen molar-refractivity contribution in [3.63, 3.8) is 0 Å². The van der Waals surface area contributed by atoms with Crippen molar-refractivity contribution in [2.24, 2.45) is 5.73 Å². The van der Waals surface area contributed by atoms with Gasteiger partial charge in [0.15, 0.2) is 6.54 Å². The summed E-state index contributed by atoms with van der Waals surface area (Å²) in [7, 11) is 0. The molecule has 0 aliphatic carbocycles. The lowest BCUT2D eigenvalue weighted by Gasteiger charge is -2.38. The van der Waals surface area contributed by atoms with Gasteiger partial charge in [0.2, 0.25) is 0 Å². The maximum atomic E-state index is 12.7. The number of nitrogens with two attached hydrogens (primary N) is 1. The fourth-order valence-corrected chi connectivity index (χ4v) is 5.40. The van der Waals surface area contributed by atoms with Gasteiger partial charge in [-0.3, -0.25) is 9.59 Å². The maximum absolute atomic E-state index is 12.7. The van der Waals surface area contributed by atoms with Gasteiger partial charge in [-0.25, -0.2) is 0 Å². The predicted molar refractivity (Wildman–Crippen MR) is 119 cm³/mol. The molecule has 7 heteroatoms. The summed E-state index contributed by atoms with van der Waals surface area (Å²) in [6.45, 7) is 11.4. The summed E-state index contributed by atoms with van der Waals surface area (Å²) in [5.41, 5.74) is 9.47. The summed E-state index contributed by atoms with van der Waals surface area (Å²) >= 11 is 1.43. The molecule has 6 nitrogen and oxygen atoms in total. The smallest absolute Gasteiger partial charge is 0.280 e. The molecule has 1 aliphatic heterocycles. The Morgan fingerprint density at radius 3 is 2.72 bits per heavy atom. The Kier molecular flexibility index (Phi) is 6.59. The Labute approximate surface area is 176 Å². The van der Waals surface area contributed by atoms with Crippen LogP contribution in [0.3, 0.4) is 0 Å². The highest BCUT2D eigenvalue weighted by Gasteiger charge is 2.29. The standard InChI is InChI=1S/C22H30N4O2S/c1-5-18-16(4)29-22(20(18)21(23)28)24-19(27)13-25-9-10-26(15(3)12-25)17-8-6-7-14(2)11-17/h6-8,11,15H,5,9-10,12-13H2,1-4H3,(H2,23,28)(H,24,27)/p+1/t15-/m1/s1. The number of quaternary nitrogens is 1. The summed E-state index contributed by atoms with van der Waals surface area (Å²) in [5.74, 6) is -0.545. The Balaban J connectivity index is 1.62. The van der Waals surface area contributed by atoms with Crippen LogP contribution in [0, 0.1) is 13.8 Å². The summed E-state index contributed by atoms with van der Waals surface area (Å²) in [5, 5.41) is 3.53. The number of primary amides is 1. The quantitative estimate of drug-likeness (QED) is 0.673. The highest BCUT2D eigenvalue weighted by atomic mass is 32.1. The van der Waals surface area contributed by atoms with Crippen molar-refractivity contribution >= 4 is 33.8 Å². The Bertz CT molecular complexity index is 908. The molecule has 156 valence electrons. The number of aryl methyl sites for hydroxylation is 2. The van der Waals surface area contributed by atoms with Crippen LogP contribution in [0.4, 0.5) is 10.7 Å². The van der Waals surface area contributed by atoms with E-state index in [4.69, 9.17) is 5.73 Å². The molecule has 3 rings (SSSR count). The average molecular weight is 416 g/mol. The van der Waals surface area contributed by atoms with Crippen molar-refractivity contribution < 1.29 is 14.5 Å². The third-order valence-corrected chi connectivity index (χ3v) is 6.69. The Hall–Kier alpha value is -2.38. The number of piperazine rings is 1. The number of benzene rings is 1. The van der Waals surface area contributed by atoms with Crippen LogP contribution in [-0.4, -0.2) is 44.0 Å². The number of nitrogens with one attached hydrogen (secondary N) is 2. The molecule has 2 heterocycles. The van der Waals surface area contributed by atoms with Gasteiger partial charge in [-0.05, 0) is 50.5 Å². The number of rotatable bonds is 6. The van der Waals surface area contributed by atoms with Gasteiger partial charge in [-0.1, -0.05) is 19.1 Å². The van der Waals surface area contributed by atoms with Gasteiger partial charge in [0.05, 0.1) is 31.2 Å². The molecule has 0 radical (unpaired) electrons. The first kappa shape index (κ1) is 21.3. The number of carbonyl (C=O) groups is 2. The molecule has 2 atom stereocenters. The van der Waals surface area contributed by atoms with Crippen molar-refractivity contribution in [2.75, 3.05) is 36.4 Å². The first-order valence-corrected chi connectivity index (χ1v) is 11.0. The molecule has 1 aromatic carbocycles. The fourth-order valence-electron chi connectivity index (χ4n) is 4.23. The van der Waals surface area contributed by atoms with Crippen LogP contribution in [0.25, 0.3) is 0 Å². The molecule has 1 fully saturated rings. The lowest BCUT2D eigenvalue weighted by molar-refractivity contribution is -0.894. The predicted octanol–water partition coefficient (Wildman–Crippen LogP) is 1.76. The van der Waals surface area contributed by atoms with Crippen molar-refractivity contribution in [1.82, 2.24) is 0 Å². The van der Waals surface area contributed by atoms with Crippen LogP contribution in [0.2, 0.25) is 0 Å². The second-order valence-electron chi connectivity index (χ2n) is 7.87. The molecule has 0 bridgehead atoms. The Morgan fingerprint density at radius 2 is 2.10 bits per heavy atom. The molecule has 0 saturated carbocycles. The molecular weight excluding hydrogens is 384 g/mol. The van der Waals surface area contributed by atoms with Gasteiger partial charge in [0, 0.05) is 10.6 Å². The molecule has 1 saturated heterocycles. The summed E-state index contributed by atoms with van der Waals surface area (Å²) < 4.78 is 0. The summed E-state index contributed by atoms with van der Waals surface area (Å²) in [6, 6.07) is 8.91. The second kappa shape index (κ2) is 8.97. The van der Waals surface area contributed by atoms with Crippen molar-refractivity contribution in [3.8, 4) is 0 Å². The van der Waals surface area contributed by atoms with Crippen LogP contribution >= 0.6 is 11.3 Å². The van der Waals surface area contributed by atoms with E-state index in [1.165, 1.54) is 27.5 Å². The fraction of sp³-hybridized carbons (Fsp3) is 0.455. The van der Waals surface area contributed by atoms with Crippen molar-refractivity contribution in [3.05, 3.63) is 45.8 Å². The number of anilines is 2. The number of hydrogen-bond acceptors (Lipinski definition) is 4. The van der Waals surface area contributed by atoms with E-state index in [1.54, 1.807) is 0 Å². The van der Waals surface area contributed by atoms with Crippen LogP contribution < -0.4 is 20.9 Å². The van der Waals surface area contributed by atoms with E-state index in [0.717, 1.165) is 36.5 Å². The zero-order chi connectivity index (χ0) is 21.1. The zero-order valence-corrected chi connectivity index (χ0v) is 18.5. The maximum Gasteiger partial charge on any atom is 0.280 e. The van der Waals surface area contributed by atoms with E-state index in [1.807, 2.05) is 13.8 Å². The molecule has 29 heavy (non-hydrogen) atoms. The Morgan fingerprint density at radius 1 is 1.34 bits per heavy atom. The molecule has 0 spiro atoms. The third-order valence-electron chi connectivity index (χ3n) is 5.63. The molecule has 1 aliphatic rings. The molecule has 2 amide bonds. The van der Waals surface area contributed by atoms with E-state index < -0.39 is 5.91 Å². The molecule has 4 N–H and O–H groups in total.